The van der Waals surface area contributed by atoms with Gasteiger partial charge in [0.15, 0.2) is 4.80 Å². The van der Waals surface area contributed by atoms with E-state index in [0.29, 0.717) is 0 Å². The van der Waals surface area contributed by atoms with E-state index >= 15 is 0 Å². The first-order chi connectivity index (χ1) is 13.1. The molecule has 3 rings (SSSR count). The van der Waals surface area contributed by atoms with Gasteiger partial charge in [-0.25, -0.2) is 17.7 Å². The molecular formula is C21H25N3O2S2. The van der Waals surface area contributed by atoms with Crippen molar-refractivity contribution in [2.75, 3.05) is 14.1 Å². The molecule has 1 aromatic heterocycles. The van der Waals surface area contributed by atoms with Gasteiger partial charge in [0.1, 0.15) is 0 Å². The third-order valence-electron chi connectivity index (χ3n) is 4.29. The maximum absolute atomic E-state index is 12.3. The second-order valence-corrected chi connectivity index (χ2v) is 10.7. The average Bonchev–Trinajstić information content (AvgIpc) is 3.06. The first-order valence-corrected chi connectivity index (χ1v) is 11.3. The van der Waals surface area contributed by atoms with E-state index in [0.717, 1.165) is 21.7 Å². The largest absolute Gasteiger partial charge is 0.311 e. The molecule has 2 aromatic carbocycles. The molecule has 28 heavy (non-hydrogen) atoms. The fraction of sp³-hybridized carbons (Fsp3) is 0.286. The summed E-state index contributed by atoms with van der Waals surface area (Å²) in [4.78, 5) is 6.00. The lowest BCUT2D eigenvalue weighted by Crippen LogP contribution is -2.31. The van der Waals surface area contributed by atoms with Gasteiger partial charge in [0.05, 0.1) is 16.3 Å². The van der Waals surface area contributed by atoms with Gasteiger partial charge < -0.3 is 4.57 Å². The predicted octanol–water partition coefficient (Wildman–Crippen LogP) is 4.45. The molecule has 0 radical (unpaired) electrons. The van der Waals surface area contributed by atoms with E-state index < -0.39 is 10.0 Å². The lowest BCUT2D eigenvalue weighted by Gasteiger charge is -2.24. The summed E-state index contributed by atoms with van der Waals surface area (Å²) in [5.74, 6) is 0. The SMILES string of the molecule is CN(C)S(=O)(=O)c1ccc(-c2csc(=Nc3ccccc3)n2C(C)(C)C)cc1. The molecule has 0 aliphatic rings. The van der Waals surface area contributed by atoms with Crippen LogP contribution in [0, 0.1) is 0 Å². The third-order valence-corrected chi connectivity index (χ3v) is 6.94. The number of hydrogen-bond acceptors (Lipinski definition) is 4. The van der Waals surface area contributed by atoms with Crippen molar-refractivity contribution in [2.45, 2.75) is 31.2 Å². The molecule has 5 nitrogen and oxygen atoms in total. The lowest BCUT2D eigenvalue weighted by molar-refractivity contribution is 0.392. The third kappa shape index (κ3) is 4.11. The molecule has 7 heteroatoms. The molecule has 0 fully saturated rings. The van der Waals surface area contributed by atoms with Gasteiger partial charge in [0.2, 0.25) is 10.0 Å². The fourth-order valence-corrected chi connectivity index (χ4v) is 4.86. The highest BCUT2D eigenvalue weighted by Gasteiger charge is 2.21. The van der Waals surface area contributed by atoms with E-state index in [1.165, 1.54) is 18.4 Å². The molecule has 0 amide bonds. The van der Waals surface area contributed by atoms with Crippen LogP contribution in [0.15, 0.2) is 69.9 Å². The molecule has 3 aromatic rings. The Morgan fingerprint density at radius 3 is 2.11 bits per heavy atom. The second-order valence-electron chi connectivity index (χ2n) is 7.67. The maximum Gasteiger partial charge on any atom is 0.242 e. The molecule has 0 unspecified atom stereocenters. The van der Waals surface area contributed by atoms with Gasteiger partial charge >= 0.3 is 0 Å². The minimum absolute atomic E-state index is 0.183. The summed E-state index contributed by atoms with van der Waals surface area (Å²) in [6, 6.07) is 16.9. The number of hydrogen-bond donors (Lipinski definition) is 0. The first-order valence-electron chi connectivity index (χ1n) is 8.94. The van der Waals surface area contributed by atoms with Crippen molar-refractivity contribution in [2.24, 2.45) is 4.99 Å². The fourth-order valence-electron chi connectivity index (χ4n) is 2.86. The van der Waals surface area contributed by atoms with E-state index in [9.17, 15) is 8.42 Å². The highest BCUT2D eigenvalue weighted by molar-refractivity contribution is 7.89. The van der Waals surface area contributed by atoms with Crippen LogP contribution in [0.3, 0.4) is 0 Å². The smallest absolute Gasteiger partial charge is 0.242 e. The summed E-state index contributed by atoms with van der Waals surface area (Å²) in [6.07, 6.45) is 0. The van der Waals surface area contributed by atoms with Crippen LogP contribution in [-0.2, 0) is 15.6 Å². The molecule has 0 aliphatic heterocycles. The van der Waals surface area contributed by atoms with Gasteiger partial charge in [-0.1, -0.05) is 30.3 Å². The van der Waals surface area contributed by atoms with Crippen molar-refractivity contribution >= 4 is 27.0 Å². The Hall–Kier alpha value is -2.22. The van der Waals surface area contributed by atoms with Crippen LogP contribution in [0.5, 0.6) is 0 Å². The van der Waals surface area contributed by atoms with Crippen LogP contribution in [0.25, 0.3) is 11.3 Å². The Morgan fingerprint density at radius 2 is 1.57 bits per heavy atom. The molecule has 148 valence electrons. The van der Waals surface area contributed by atoms with Crippen molar-refractivity contribution in [3.63, 3.8) is 0 Å². The van der Waals surface area contributed by atoms with E-state index in [4.69, 9.17) is 4.99 Å². The number of rotatable bonds is 4. The summed E-state index contributed by atoms with van der Waals surface area (Å²) in [7, 11) is -0.370. The predicted molar refractivity (Wildman–Crippen MR) is 115 cm³/mol. The van der Waals surface area contributed by atoms with Crippen LogP contribution in [0.4, 0.5) is 5.69 Å². The number of thiazole rings is 1. The summed E-state index contributed by atoms with van der Waals surface area (Å²) >= 11 is 1.58. The zero-order chi connectivity index (χ0) is 20.5. The number of nitrogens with zero attached hydrogens (tertiary/aromatic N) is 3. The Balaban J connectivity index is 2.12. The van der Waals surface area contributed by atoms with Crippen molar-refractivity contribution < 1.29 is 8.42 Å². The average molecular weight is 416 g/mol. The summed E-state index contributed by atoms with van der Waals surface area (Å²) in [5.41, 5.74) is 2.69. The number of benzene rings is 2. The number of para-hydroxylation sites is 1. The van der Waals surface area contributed by atoms with Gasteiger partial charge in [0, 0.05) is 25.0 Å². The molecule has 0 atom stereocenters. The van der Waals surface area contributed by atoms with Crippen molar-refractivity contribution in [3.05, 3.63) is 64.8 Å². The minimum atomic E-state index is -3.44. The van der Waals surface area contributed by atoms with Gasteiger partial charge in [0.25, 0.3) is 0 Å². The van der Waals surface area contributed by atoms with Crippen molar-refractivity contribution in [1.29, 1.82) is 0 Å². The molecule has 0 aliphatic carbocycles. The Kier molecular flexibility index (Phi) is 5.61. The highest BCUT2D eigenvalue weighted by atomic mass is 32.2. The van der Waals surface area contributed by atoms with Crippen LogP contribution in [0.2, 0.25) is 0 Å². The van der Waals surface area contributed by atoms with Crippen molar-refractivity contribution in [1.82, 2.24) is 8.87 Å². The van der Waals surface area contributed by atoms with Gasteiger partial charge in [-0.3, -0.25) is 0 Å². The van der Waals surface area contributed by atoms with Crippen LogP contribution in [0.1, 0.15) is 20.8 Å². The zero-order valence-corrected chi connectivity index (χ0v) is 18.4. The second kappa shape index (κ2) is 7.66. The van der Waals surface area contributed by atoms with E-state index in [1.807, 2.05) is 42.5 Å². The monoisotopic (exact) mass is 415 g/mol. The van der Waals surface area contributed by atoms with Crippen molar-refractivity contribution in [3.8, 4) is 11.3 Å². The van der Waals surface area contributed by atoms with Crippen LogP contribution >= 0.6 is 11.3 Å². The molecule has 0 saturated carbocycles. The van der Waals surface area contributed by atoms with Crippen LogP contribution in [-0.4, -0.2) is 31.4 Å². The van der Waals surface area contributed by atoms with E-state index in [2.05, 4.69) is 30.7 Å². The Morgan fingerprint density at radius 1 is 0.964 bits per heavy atom. The molecular weight excluding hydrogens is 390 g/mol. The van der Waals surface area contributed by atoms with Gasteiger partial charge in [-0.15, -0.1) is 11.3 Å². The van der Waals surface area contributed by atoms with E-state index in [1.54, 1.807) is 23.5 Å². The number of aromatic nitrogens is 1. The standard InChI is InChI=1S/C21H25N3O2S2/c1-21(2,3)24-19(15-27-20(24)22-17-9-7-6-8-10-17)16-11-13-18(14-12-16)28(25,26)23(4)5/h6-15H,1-5H3. The minimum Gasteiger partial charge on any atom is -0.311 e. The van der Waals surface area contributed by atoms with Gasteiger partial charge in [-0.05, 0) is 50.6 Å². The topological polar surface area (TPSA) is 54.7 Å². The van der Waals surface area contributed by atoms with E-state index in [-0.39, 0.29) is 10.4 Å². The first kappa shape index (κ1) is 20.5. The molecule has 0 saturated heterocycles. The highest BCUT2D eigenvalue weighted by Crippen LogP contribution is 2.28. The molecule has 0 bridgehead atoms. The van der Waals surface area contributed by atoms with Gasteiger partial charge in [-0.2, -0.15) is 0 Å². The number of sulfonamides is 1. The molecule has 0 N–H and O–H groups in total. The maximum atomic E-state index is 12.3. The lowest BCUT2D eigenvalue weighted by atomic mass is 10.1. The van der Waals surface area contributed by atoms with Crippen LogP contribution < -0.4 is 4.80 Å². The summed E-state index contributed by atoms with van der Waals surface area (Å²) < 4.78 is 28.1. The quantitative estimate of drug-likeness (QED) is 0.632. The Bertz CT molecular complexity index is 1120. The normalized spacial score (nSPS) is 13.3. The molecule has 0 spiro atoms. The summed E-state index contributed by atoms with van der Waals surface area (Å²) in [5, 5.41) is 2.07. The Labute approximate surface area is 170 Å². The zero-order valence-electron chi connectivity index (χ0n) is 16.7. The summed E-state index contributed by atoms with van der Waals surface area (Å²) in [6.45, 7) is 6.41. The molecule has 1 heterocycles.